The van der Waals surface area contributed by atoms with Crippen molar-refractivity contribution in [2.24, 2.45) is 11.3 Å². The molecule has 0 bridgehead atoms. The number of aromatic carboxylic acids is 1. The van der Waals surface area contributed by atoms with Gasteiger partial charge in [0.15, 0.2) is 0 Å². The minimum absolute atomic E-state index is 0.104. The summed E-state index contributed by atoms with van der Waals surface area (Å²) in [5.74, 6) is -0.409. The molecule has 1 fully saturated rings. The minimum atomic E-state index is -0.866. The molecular weight excluding hydrogens is 408 g/mol. The van der Waals surface area contributed by atoms with Gasteiger partial charge in [0.05, 0.1) is 28.7 Å². The number of hydrogen-bond donors (Lipinski definition) is 1. The van der Waals surface area contributed by atoms with Crippen molar-refractivity contribution in [2.75, 3.05) is 31.7 Å². The van der Waals surface area contributed by atoms with Crippen LogP contribution >= 0.6 is 11.3 Å². The van der Waals surface area contributed by atoms with Gasteiger partial charge in [0, 0.05) is 36.3 Å². The Bertz CT molecular complexity index is 1030. The molecule has 1 N–H and O–H groups in total. The van der Waals surface area contributed by atoms with Crippen LogP contribution < -0.4 is 4.90 Å². The van der Waals surface area contributed by atoms with Crippen LogP contribution in [0.15, 0.2) is 18.2 Å². The summed E-state index contributed by atoms with van der Waals surface area (Å²) < 4.78 is 5.40. The van der Waals surface area contributed by atoms with E-state index in [0.717, 1.165) is 73.5 Å². The van der Waals surface area contributed by atoms with Crippen LogP contribution in [0.25, 0.3) is 10.4 Å². The molecule has 4 rings (SSSR count). The number of nitrogens with zero attached hydrogens (tertiary/aromatic N) is 2. The van der Waals surface area contributed by atoms with Gasteiger partial charge < -0.3 is 14.7 Å². The highest BCUT2D eigenvalue weighted by atomic mass is 32.1. The second-order valence-corrected chi connectivity index (χ2v) is 10.7. The third-order valence-electron chi connectivity index (χ3n) is 6.62. The molecule has 1 aromatic heterocycles. The van der Waals surface area contributed by atoms with Gasteiger partial charge >= 0.3 is 5.97 Å². The molecular formula is C25H30N2O3S. The first-order chi connectivity index (χ1) is 14.8. The van der Waals surface area contributed by atoms with Crippen molar-refractivity contribution in [3.8, 4) is 16.5 Å². The van der Waals surface area contributed by atoms with E-state index >= 15 is 0 Å². The fourth-order valence-electron chi connectivity index (χ4n) is 5.05. The van der Waals surface area contributed by atoms with Crippen LogP contribution in [0.2, 0.25) is 0 Å². The summed E-state index contributed by atoms with van der Waals surface area (Å²) in [4.78, 5) is 16.8. The summed E-state index contributed by atoms with van der Waals surface area (Å²) in [6.45, 7) is 6.96. The van der Waals surface area contributed by atoms with Crippen molar-refractivity contribution in [1.82, 2.24) is 0 Å². The van der Waals surface area contributed by atoms with Gasteiger partial charge in [-0.3, -0.25) is 0 Å². The zero-order valence-electron chi connectivity index (χ0n) is 18.5. The zero-order chi connectivity index (χ0) is 22.2. The Kier molecular flexibility index (Phi) is 6.09. The second-order valence-electron chi connectivity index (χ2n) is 9.61. The third kappa shape index (κ3) is 4.35. The summed E-state index contributed by atoms with van der Waals surface area (Å²) in [7, 11) is 1.74. The van der Waals surface area contributed by atoms with Crippen LogP contribution in [0.5, 0.6) is 0 Å². The van der Waals surface area contributed by atoms with Gasteiger partial charge in [-0.15, -0.1) is 11.3 Å². The smallest absolute Gasteiger partial charge is 0.337 e. The number of thiophene rings is 1. The number of carboxylic acids is 1. The van der Waals surface area contributed by atoms with E-state index in [1.165, 1.54) is 4.88 Å². The van der Waals surface area contributed by atoms with Gasteiger partial charge in [0.25, 0.3) is 0 Å². The molecule has 2 aliphatic rings. The summed E-state index contributed by atoms with van der Waals surface area (Å²) in [5.41, 5.74) is 4.01. The Hall–Kier alpha value is -2.36. The van der Waals surface area contributed by atoms with Crippen molar-refractivity contribution >= 4 is 23.0 Å². The Labute approximate surface area is 188 Å². The van der Waals surface area contributed by atoms with E-state index in [4.69, 9.17) is 4.74 Å². The molecule has 1 aromatic carbocycles. The van der Waals surface area contributed by atoms with Crippen molar-refractivity contribution in [3.05, 3.63) is 39.8 Å². The van der Waals surface area contributed by atoms with Gasteiger partial charge in [0.2, 0.25) is 0 Å². The predicted molar refractivity (Wildman–Crippen MR) is 124 cm³/mol. The summed E-state index contributed by atoms with van der Waals surface area (Å²) in [5, 5.41) is 19.7. The van der Waals surface area contributed by atoms with E-state index in [0.29, 0.717) is 17.0 Å². The first-order valence-corrected chi connectivity index (χ1v) is 11.8. The highest BCUT2D eigenvalue weighted by Crippen LogP contribution is 2.47. The number of hydrogen-bond acceptors (Lipinski definition) is 5. The van der Waals surface area contributed by atoms with Crippen LogP contribution in [0.4, 0.5) is 5.69 Å². The maximum absolute atomic E-state index is 12.4. The first kappa shape index (κ1) is 21.9. The molecule has 0 saturated carbocycles. The lowest BCUT2D eigenvalue weighted by atomic mass is 9.76. The normalized spacial score (nSPS) is 20.2. The summed E-state index contributed by atoms with van der Waals surface area (Å²) in [6.07, 6.45) is 4.98. The first-order valence-electron chi connectivity index (χ1n) is 11.0. The standard InChI is InChI=1S/C25H30N2O3S/c1-25(2)9-8-21-19(12-25)22(24(28)29)23(31-21)18-11-16(13-26)6-7-20(18)27-10-4-5-17(14-27)15-30-3/h6-7,11,17H,4-5,8-10,12,14-15H2,1-3H3,(H,28,29)/t17-/m1/s1. The maximum Gasteiger partial charge on any atom is 0.337 e. The van der Waals surface area contributed by atoms with Crippen molar-refractivity contribution in [1.29, 1.82) is 5.26 Å². The molecule has 1 atom stereocenters. The third-order valence-corrected chi connectivity index (χ3v) is 7.95. The molecule has 0 radical (unpaired) electrons. The molecule has 6 heteroatoms. The topological polar surface area (TPSA) is 73.6 Å². The molecule has 164 valence electrons. The highest BCUT2D eigenvalue weighted by molar-refractivity contribution is 7.16. The summed E-state index contributed by atoms with van der Waals surface area (Å²) >= 11 is 1.61. The lowest BCUT2D eigenvalue weighted by Crippen LogP contribution is -2.37. The van der Waals surface area contributed by atoms with E-state index in [1.54, 1.807) is 18.4 Å². The average molecular weight is 439 g/mol. The molecule has 2 heterocycles. The molecule has 0 amide bonds. The maximum atomic E-state index is 12.4. The molecule has 0 unspecified atom stereocenters. The molecule has 1 aliphatic heterocycles. The van der Waals surface area contributed by atoms with Crippen LogP contribution in [0.3, 0.4) is 0 Å². The Balaban J connectivity index is 1.84. The number of fused-ring (bicyclic) bond motifs is 1. The van der Waals surface area contributed by atoms with E-state index in [1.807, 2.05) is 18.2 Å². The Morgan fingerprint density at radius 1 is 1.42 bits per heavy atom. The quantitative estimate of drug-likeness (QED) is 0.680. The van der Waals surface area contributed by atoms with E-state index < -0.39 is 5.97 Å². The van der Waals surface area contributed by atoms with Gasteiger partial charge in [-0.2, -0.15) is 5.26 Å². The van der Waals surface area contributed by atoms with Crippen LogP contribution in [0.1, 0.15) is 59.5 Å². The van der Waals surface area contributed by atoms with Crippen LogP contribution in [-0.2, 0) is 17.6 Å². The number of rotatable bonds is 5. The SMILES string of the molecule is COC[C@@H]1CCCN(c2ccc(C#N)cc2-c2sc3c(c2C(=O)O)CC(C)(C)CC3)C1. The number of ether oxygens (including phenoxy) is 1. The van der Waals surface area contributed by atoms with Gasteiger partial charge in [-0.25, -0.2) is 4.79 Å². The zero-order valence-corrected chi connectivity index (χ0v) is 19.3. The average Bonchev–Trinajstić information content (AvgIpc) is 3.11. The fraction of sp³-hybridized carbons (Fsp3) is 0.520. The van der Waals surface area contributed by atoms with Gasteiger partial charge in [0.1, 0.15) is 0 Å². The molecule has 31 heavy (non-hydrogen) atoms. The number of carboxylic acid groups (broad SMARTS) is 1. The molecule has 1 aliphatic carbocycles. The molecule has 0 spiro atoms. The predicted octanol–water partition coefficient (Wildman–Crippen LogP) is 5.36. The number of piperidine rings is 1. The van der Waals surface area contributed by atoms with Gasteiger partial charge in [-0.05, 0) is 67.2 Å². The van der Waals surface area contributed by atoms with Crippen molar-refractivity contribution in [2.45, 2.75) is 46.0 Å². The number of carbonyl (C=O) groups is 1. The monoisotopic (exact) mass is 438 g/mol. The van der Waals surface area contributed by atoms with Crippen molar-refractivity contribution < 1.29 is 14.6 Å². The lowest BCUT2D eigenvalue weighted by molar-refractivity contribution is 0.0696. The van der Waals surface area contributed by atoms with Crippen LogP contribution in [0, 0.1) is 22.7 Å². The fourth-order valence-corrected chi connectivity index (χ4v) is 6.39. The Morgan fingerprint density at radius 3 is 2.94 bits per heavy atom. The molecule has 5 nitrogen and oxygen atoms in total. The number of aryl methyl sites for hydroxylation is 1. The number of benzene rings is 1. The number of anilines is 1. The largest absolute Gasteiger partial charge is 0.478 e. The number of methoxy groups -OCH3 is 1. The van der Waals surface area contributed by atoms with Crippen molar-refractivity contribution in [3.63, 3.8) is 0 Å². The van der Waals surface area contributed by atoms with E-state index in [9.17, 15) is 15.2 Å². The van der Waals surface area contributed by atoms with E-state index in [2.05, 4.69) is 24.8 Å². The Morgan fingerprint density at radius 2 is 2.23 bits per heavy atom. The minimum Gasteiger partial charge on any atom is -0.478 e. The molecule has 2 aromatic rings. The summed E-state index contributed by atoms with van der Waals surface area (Å²) in [6, 6.07) is 7.96. The number of nitriles is 1. The van der Waals surface area contributed by atoms with Crippen LogP contribution in [-0.4, -0.2) is 37.9 Å². The highest BCUT2D eigenvalue weighted by Gasteiger charge is 2.34. The lowest BCUT2D eigenvalue weighted by Gasteiger charge is -2.35. The second kappa shape index (κ2) is 8.64. The van der Waals surface area contributed by atoms with E-state index in [-0.39, 0.29) is 5.41 Å². The molecule has 1 saturated heterocycles. The van der Waals surface area contributed by atoms with Gasteiger partial charge in [-0.1, -0.05) is 13.8 Å².